The van der Waals surface area contributed by atoms with Gasteiger partial charge in [-0.05, 0) is 42.0 Å². The number of rotatable bonds is 2. The molecular weight excluding hydrogens is 307 g/mol. The average Bonchev–Trinajstić information content (AvgIpc) is 2.47. The second-order valence-electron chi connectivity index (χ2n) is 4.85. The number of benzene rings is 2. The molecule has 107 valence electrons. The molecule has 0 unspecified atom stereocenters. The van der Waals surface area contributed by atoms with Crippen molar-refractivity contribution in [3.8, 4) is 11.1 Å². The molecule has 3 nitrogen and oxygen atoms in total. The topological polar surface area (TPSA) is 32.3 Å². The van der Waals surface area contributed by atoms with Crippen molar-refractivity contribution >= 4 is 34.8 Å². The molecule has 0 saturated carbocycles. The fraction of sp³-hybridized carbons (Fsp3) is 0.188. The average molecular weight is 320 g/mol. The largest absolute Gasteiger partial charge is 0.360 e. The Balaban J connectivity index is 1.98. The van der Waals surface area contributed by atoms with Crippen LogP contribution in [0.25, 0.3) is 11.1 Å². The number of hydrogen-bond donors (Lipinski definition) is 1. The van der Waals surface area contributed by atoms with E-state index in [0.29, 0.717) is 23.1 Å². The van der Waals surface area contributed by atoms with Gasteiger partial charge in [0.25, 0.3) is 0 Å². The van der Waals surface area contributed by atoms with Gasteiger partial charge in [0.15, 0.2) is 0 Å². The van der Waals surface area contributed by atoms with Crippen LogP contribution in [0.2, 0.25) is 10.0 Å². The minimum absolute atomic E-state index is 0.0300. The van der Waals surface area contributed by atoms with Gasteiger partial charge in [-0.1, -0.05) is 29.3 Å². The first-order chi connectivity index (χ1) is 10.1. The Morgan fingerprint density at radius 1 is 1.19 bits per heavy atom. The third-order valence-electron chi connectivity index (χ3n) is 3.43. The monoisotopic (exact) mass is 319 g/mol. The van der Waals surface area contributed by atoms with Crippen LogP contribution in [0.4, 0.5) is 5.69 Å². The molecule has 1 aliphatic rings. The number of amides is 1. The summed E-state index contributed by atoms with van der Waals surface area (Å²) in [4.78, 5) is 13.5. The molecule has 0 bridgehead atoms. The minimum Gasteiger partial charge on any atom is -0.360 e. The molecular formula is C16H13Cl2N2O. The van der Waals surface area contributed by atoms with E-state index < -0.39 is 0 Å². The first-order valence-electron chi connectivity index (χ1n) is 6.62. The Hall–Kier alpha value is -1.71. The first kappa shape index (κ1) is 14.2. The van der Waals surface area contributed by atoms with Crippen molar-refractivity contribution in [2.24, 2.45) is 0 Å². The van der Waals surface area contributed by atoms with E-state index in [9.17, 15) is 4.79 Å². The molecule has 2 aromatic rings. The maximum Gasteiger partial charge on any atom is 0.239 e. The number of anilines is 1. The van der Waals surface area contributed by atoms with Crippen molar-refractivity contribution in [2.45, 2.75) is 0 Å². The molecule has 0 atom stereocenters. The Kier molecular flexibility index (Phi) is 4.04. The summed E-state index contributed by atoms with van der Waals surface area (Å²) in [6.07, 6.45) is 0. The molecule has 0 spiro atoms. The number of nitrogens with zero attached hydrogens (tertiary/aromatic N) is 1. The number of nitrogens with one attached hydrogen (secondary N) is 1. The van der Waals surface area contributed by atoms with Crippen LogP contribution in [-0.2, 0) is 4.79 Å². The second-order valence-corrected chi connectivity index (χ2v) is 5.66. The Morgan fingerprint density at radius 2 is 1.95 bits per heavy atom. The summed E-state index contributed by atoms with van der Waals surface area (Å²) < 4.78 is 0. The molecule has 1 N–H and O–H groups in total. The van der Waals surface area contributed by atoms with Gasteiger partial charge in [-0.3, -0.25) is 4.79 Å². The molecule has 2 aromatic carbocycles. The molecule has 5 heteroatoms. The molecule has 0 aromatic heterocycles. The predicted molar refractivity (Wildman–Crippen MR) is 86.0 cm³/mol. The quantitative estimate of drug-likeness (QED) is 0.920. The van der Waals surface area contributed by atoms with Crippen LogP contribution < -0.4 is 10.2 Å². The van der Waals surface area contributed by atoms with Crippen LogP contribution >= 0.6 is 23.2 Å². The summed E-state index contributed by atoms with van der Waals surface area (Å²) in [5.74, 6) is 0.0300. The van der Waals surface area contributed by atoms with E-state index in [0.717, 1.165) is 23.4 Å². The van der Waals surface area contributed by atoms with Crippen molar-refractivity contribution in [1.29, 1.82) is 0 Å². The summed E-state index contributed by atoms with van der Waals surface area (Å²) in [5, 5.41) is 4.02. The van der Waals surface area contributed by atoms with Gasteiger partial charge in [-0.2, -0.15) is 0 Å². The molecule has 0 aliphatic carbocycles. The molecule has 1 saturated heterocycles. The van der Waals surface area contributed by atoms with E-state index in [4.69, 9.17) is 23.2 Å². The van der Waals surface area contributed by atoms with E-state index in [2.05, 4.69) is 11.4 Å². The zero-order valence-electron chi connectivity index (χ0n) is 11.2. The summed E-state index contributed by atoms with van der Waals surface area (Å²) in [7, 11) is 0. The minimum atomic E-state index is 0.0300. The van der Waals surface area contributed by atoms with E-state index in [-0.39, 0.29) is 5.91 Å². The lowest BCUT2D eigenvalue weighted by Crippen LogP contribution is -2.47. The normalized spacial score (nSPS) is 15.0. The van der Waals surface area contributed by atoms with Crippen LogP contribution in [0.5, 0.6) is 0 Å². The number of carbonyl (C=O) groups excluding carboxylic acids is 1. The Labute approximate surface area is 133 Å². The molecule has 1 radical (unpaired) electrons. The van der Waals surface area contributed by atoms with Crippen molar-refractivity contribution in [3.05, 3.63) is 52.5 Å². The van der Waals surface area contributed by atoms with Gasteiger partial charge >= 0.3 is 0 Å². The maximum absolute atomic E-state index is 11.5. The zero-order chi connectivity index (χ0) is 14.8. The smallest absolute Gasteiger partial charge is 0.239 e. The summed E-state index contributed by atoms with van der Waals surface area (Å²) in [6.45, 7) is 1.78. The highest BCUT2D eigenvalue weighted by Crippen LogP contribution is 2.35. The molecule has 21 heavy (non-hydrogen) atoms. The summed E-state index contributed by atoms with van der Waals surface area (Å²) in [6, 6.07) is 14.2. The number of carbonyl (C=O) groups is 1. The molecule has 1 heterocycles. The van der Waals surface area contributed by atoms with Crippen LogP contribution in [0.3, 0.4) is 0 Å². The fourth-order valence-corrected chi connectivity index (χ4v) is 3.03. The summed E-state index contributed by atoms with van der Waals surface area (Å²) >= 11 is 12.5. The van der Waals surface area contributed by atoms with E-state index in [1.165, 1.54) is 0 Å². The Morgan fingerprint density at radius 3 is 2.67 bits per heavy atom. The van der Waals surface area contributed by atoms with Gasteiger partial charge < -0.3 is 10.2 Å². The maximum atomic E-state index is 11.5. The second kappa shape index (κ2) is 5.96. The van der Waals surface area contributed by atoms with Crippen molar-refractivity contribution in [3.63, 3.8) is 0 Å². The zero-order valence-corrected chi connectivity index (χ0v) is 12.7. The van der Waals surface area contributed by atoms with Crippen LogP contribution in [0.15, 0.2) is 36.4 Å². The number of hydrogen-bond acceptors (Lipinski definition) is 2. The first-order valence-corrected chi connectivity index (χ1v) is 7.38. The third kappa shape index (κ3) is 2.99. The van der Waals surface area contributed by atoms with Gasteiger partial charge in [0.05, 0.1) is 6.54 Å². The lowest BCUT2D eigenvalue weighted by molar-refractivity contribution is -0.120. The van der Waals surface area contributed by atoms with Crippen molar-refractivity contribution in [2.75, 3.05) is 24.5 Å². The van der Waals surface area contributed by atoms with Crippen LogP contribution in [-0.4, -0.2) is 25.5 Å². The van der Waals surface area contributed by atoms with Crippen molar-refractivity contribution in [1.82, 2.24) is 5.32 Å². The number of piperazine rings is 1. The fourth-order valence-electron chi connectivity index (χ4n) is 2.42. The highest BCUT2D eigenvalue weighted by Gasteiger charge is 2.17. The SMILES string of the molecule is O=C1CN(c2c[c]cc(-c3c(Cl)cccc3Cl)c2)CCN1. The molecule has 3 rings (SSSR count). The van der Waals surface area contributed by atoms with Crippen LogP contribution in [0.1, 0.15) is 0 Å². The van der Waals surface area contributed by atoms with E-state index in [1.54, 1.807) is 0 Å². The lowest BCUT2D eigenvalue weighted by Gasteiger charge is -2.29. The Bertz CT molecular complexity index is 667. The summed E-state index contributed by atoms with van der Waals surface area (Å²) in [5.41, 5.74) is 2.63. The van der Waals surface area contributed by atoms with E-state index >= 15 is 0 Å². The number of halogens is 2. The van der Waals surface area contributed by atoms with Gasteiger partial charge in [0, 0.05) is 34.4 Å². The lowest BCUT2D eigenvalue weighted by atomic mass is 10.0. The van der Waals surface area contributed by atoms with Crippen molar-refractivity contribution < 1.29 is 4.79 Å². The third-order valence-corrected chi connectivity index (χ3v) is 4.06. The predicted octanol–water partition coefficient (Wildman–Crippen LogP) is 3.40. The molecule has 1 aliphatic heterocycles. The highest BCUT2D eigenvalue weighted by molar-refractivity contribution is 6.39. The molecule has 1 fully saturated rings. The highest BCUT2D eigenvalue weighted by atomic mass is 35.5. The van der Waals surface area contributed by atoms with E-state index in [1.807, 2.05) is 41.3 Å². The van der Waals surface area contributed by atoms with Gasteiger partial charge in [0.1, 0.15) is 0 Å². The standard InChI is InChI=1S/C16H13Cl2N2O/c17-13-5-2-6-14(18)16(13)11-3-1-4-12(9-11)20-8-7-19-15(21)10-20/h2-6,9H,7-8,10H2,(H,19,21). The van der Waals surface area contributed by atoms with Gasteiger partial charge in [0.2, 0.25) is 5.91 Å². The molecule has 1 amide bonds. The van der Waals surface area contributed by atoms with Gasteiger partial charge in [-0.15, -0.1) is 0 Å². The van der Waals surface area contributed by atoms with Gasteiger partial charge in [-0.25, -0.2) is 0 Å². The van der Waals surface area contributed by atoms with Crippen LogP contribution in [0, 0.1) is 6.07 Å².